The lowest BCUT2D eigenvalue weighted by molar-refractivity contribution is 0.0948. The summed E-state index contributed by atoms with van der Waals surface area (Å²) < 4.78 is 22.5. The number of hydrogen-bond donors (Lipinski definition) is 3. The van der Waals surface area contributed by atoms with Gasteiger partial charge in [0.15, 0.2) is 0 Å². The molecule has 0 atom stereocenters. The van der Waals surface area contributed by atoms with Gasteiger partial charge in [0.2, 0.25) is 10.0 Å². The summed E-state index contributed by atoms with van der Waals surface area (Å²) in [5.41, 5.74) is 2.17. The van der Waals surface area contributed by atoms with Crippen molar-refractivity contribution in [1.29, 1.82) is 0 Å². The van der Waals surface area contributed by atoms with Crippen LogP contribution in [0.3, 0.4) is 0 Å². The summed E-state index contributed by atoms with van der Waals surface area (Å²) in [5, 5.41) is 11.2. The highest BCUT2D eigenvalue weighted by molar-refractivity contribution is 7.89. The van der Waals surface area contributed by atoms with Gasteiger partial charge in [-0.3, -0.25) is 9.78 Å². The van der Waals surface area contributed by atoms with Crippen LogP contribution in [0.15, 0.2) is 47.5 Å². The van der Waals surface area contributed by atoms with E-state index >= 15 is 0 Å². The third-order valence-corrected chi connectivity index (χ3v) is 4.73. The van der Waals surface area contributed by atoms with E-state index in [1.165, 1.54) is 12.1 Å². The van der Waals surface area contributed by atoms with Gasteiger partial charge < -0.3 is 10.6 Å². The molecule has 7 nitrogen and oxygen atoms in total. The van der Waals surface area contributed by atoms with Crippen molar-refractivity contribution in [2.75, 3.05) is 18.4 Å². The van der Waals surface area contributed by atoms with E-state index < -0.39 is 10.0 Å². The number of sulfonamides is 1. The van der Waals surface area contributed by atoms with E-state index in [4.69, 9.17) is 5.14 Å². The molecule has 0 saturated carbocycles. The van der Waals surface area contributed by atoms with Crippen LogP contribution in [0.1, 0.15) is 35.8 Å². The number of carbonyl (C=O) groups is 1. The smallest absolute Gasteiger partial charge is 0.269 e. The third-order valence-electron chi connectivity index (χ3n) is 3.80. The average molecular weight is 376 g/mol. The fourth-order valence-corrected chi connectivity index (χ4v) is 2.85. The molecule has 0 aliphatic rings. The fraction of sp³-hybridized carbons (Fsp3) is 0.333. The first-order chi connectivity index (χ1) is 12.4. The van der Waals surface area contributed by atoms with Gasteiger partial charge >= 0.3 is 0 Å². The minimum absolute atomic E-state index is 0.0991. The third kappa shape index (κ3) is 6.12. The number of rotatable bonds is 9. The Morgan fingerprint density at radius 1 is 1.15 bits per heavy atom. The molecule has 2 aromatic rings. The molecular formula is C18H24N4O3S. The Labute approximate surface area is 154 Å². The zero-order chi connectivity index (χ0) is 19.0. The minimum Gasteiger partial charge on any atom is -0.385 e. The van der Waals surface area contributed by atoms with Crippen molar-refractivity contribution in [3.63, 3.8) is 0 Å². The van der Waals surface area contributed by atoms with Crippen LogP contribution in [-0.2, 0) is 16.4 Å². The number of aromatic nitrogens is 1. The lowest BCUT2D eigenvalue weighted by Gasteiger charge is -2.09. The molecule has 0 saturated heterocycles. The van der Waals surface area contributed by atoms with Crippen molar-refractivity contribution < 1.29 is 13.2 Å². The molecule has 8 heteroatoms. The van der Waals surface area contributed by atoms with Crippen LogP contribution in [0, 0.1) is 0 Å². The van der Waals surface area contributed by atoms with Crippen LogP contribution in [0.5, 0.6) is 0 Å². The van der Waals surface area contributed by atoms with Crippen molar-refractivity contribution >= 4 is 21.6 Å². The Bertz CT molecular complexity index is 836. The first-order valence-electron chi connectivity index (χ1n) is 8.50. The van der Waals surface area contributed by atoms with E-state index in [0.29, 0.717) is 25.2 Å². The molecule has 0 bridgehead atoms. The highest BCUT2D eigenvalue weighted by Crippen LogP contribution is 2.11. The second-order valence-corrected chi connectivity index (χ2v) is 7.47. The minimum atomic E-state index is -3.67. The van der Waals surface area contributed by atoms with E-state index in [-0.39, 0.29) is 10.8 Å². The van der Waals surface area contributed by atoms with Gasteiger partial charge in [-0.05, 0) is 42.7 Å². The molecule has 1 aromatic carbocycles. The highest BCUT2D eigenvalue weighted by atomic mass is 32.2. The van der Waals surface area contributed by atoms with Crippen LogP contribution in [-0.4, -0.2) is 32.4 Å². The van der Waals surface area contributed by atoms with Gasteiger partial charge in [-0.15, -0.1) is 0 Å². The zero-order valence-electron chi connectivity index (χ0n) is 14.7. The number of anilines is 1. The quantitative estimate of drug-likeness (QED) is 0.579. The van der Waals surface area contributed by atoms with Gasteiger partial charge in [-0.1, -0.05) is 25.5 Å². The van der Waals surface area contributed by atoms with E-state index in [2.05, 4.69) is 22.5 Å². The molecule has 4 N–H and O–H groups in total. The van der Waals surface area contributed by atoms with Crippen LogP contribution in [0.2, 0.25) is 0 Å². The van der Waals surface area contributed by atoms with Crippen molar-refractivity contribution in [2.45, 2.75) is 31.1 Å². The molecule has 0 aliphatic heterocycles. The summed E-state index contributed by atoms with van der Waals surface area (Å²) in [6.07, 6.45) is 4.25. The first kappa shape index (κ1) is 19.9. The predicted octanol–water partition coefficient (Wildman–Crippen LogP) is 1.91. The molecule has 1 amide bonds. The number of nitrogens with two attached hydrogens (primary N) is 1. The number of nitrogens with one attached hydrogen (secondary N) is 2. The van der Waals surface area contributed by atoms with Gasteiger partial charge in [-0.25, -0.2) is 13.6 Å². The van der Waals surface area contributed by atoms with Crippen LogP contribution in [0.25, 0.3) is 0 Å². The summed E-state index contributed by atoms with van der Waals surface area (Å²) in [5.74, 6) is -0.180. The normalized spacial score (nSPS) is 11.2. The van der Waals surface area contributed by atoms with E-state index in [0.717, 1.165) is 24.1 Å². The molecule has 0 spiro atoms. The SMILES string of the molecule is CCCCNC(=O)c1cc(NCCc2ccc(S(N)(=O)=O)cc2)ccn1. The van der Waals surface area contributed by atoms with Gasteiger partial charge in [0.25, 0.3) is 5.91 Å². The molecule has 0 fully saturated rings. The largest absolute Gasteiger partial charge is 0.385 e. The van der Waals surface area contributed by atoms with Crippen molar-refractivity contribution in [3.8, 4) is 0 Å². The van der Waals surface area contributed by atoms with Crippen LogP contribution in [0.4, 0.5) is 5.69 Å². The molecule has 1 heterocycles. The standard InChI is InChI=1S/C18H24N4O3S/c1-2-3-10-22-18(23)17-13-15(9-12-21-17)20-11-8-14-4-6-16(7-5-14)26(19,24)25/h4-7,9,12-13H,2-3,8,10-11H2,1H3,(H,20,21)(H,22,23)(H2,19,24,25). The average Bonchev–Trinajstić information content (AvgIpc) is 2.62. The lowest BCUT2D eigenvalue weighted by Crippen LogP contribution is -2.25. The first-order valence-corrected chi connectivity index (χ1v) is 10.0. The summed E-state index contributed by atoms with van der Waals surface area (Å²) in [6.45, 7) is 3.34. The Hall–Kier alpha value is -2.45. The Balaban J connectivity index is 1.88. The maximum atomic E-state index is 12.0. The second kappa shape index (κ2) is 9.30. The Morgan fingerprint density at radius 3 is 2.54 bits per heavy atom. The molecule has 0 aliphatic carbocycles. The molecular weight excluding hydrogens is 352 g/mol. The second-order valence-electron chi connectivity index (χ2n) is 5.90. The Kier molecular flexibility index (Phi) is 7.11. The number of nitrogens with zero attached hydrogens (tertiary/aromatic N) is 1. The Morgan fingerprint density at radius 2 is 1.88 bits per heavy atom. The lowest BCUT2D eigenvalue weighted by atomic mass is 10.1. The summed E-state index contributed by atoms with van der Waals surface area (Å²) >= 11 is 0. The number of unbranched alkanes of at least 4 members (excludes halogenated alkanes) is 1. The molecule has 0 unspecified atom stereocenters. The summed E-state index contributed by atoms with van der Waals surface area (Å²) in [7, 11) is -3.67. The molecule has 140 valence electrons. The van der Waals surface area contributed by atoms with Gasteiger partial charge in [0, 0.05) is 25.0 Å². The number of carbonyl (C=O) groups excluding carboxylic acids is 1. The maximum absolute atomic E-state index is 12.0. The molecule has 26 heavy (non-hydrogen) atoms. The summed E-state index contributed by atoms with van der Waals surface area (Å²) in [4.78, 5) is 16.2. The summed E-state index contributed by atoms with van der Waals surface area (Å²) in [6, 6.07) is 9.98. The van der Waals surface area contributed by atoms with Crippen LogP contribution < -0.4 is 15.8 Å². The highest BCUT2D eigenvalue weighted by Gasteiger charge is 2.08. The van der Waals surface area contributed by atoms with E-state index in [1.54, 1.807) is 30.5 Å². The number of amides is 1. The van der Waals surface area contributed by atoms with E-state index in [1.807, 2.05) is 0 Å². The number of pyridine rings is 1. The predicted molar refractivity (Wildman–Crippen MR) is 101 cm³/mol. The van der Waals surface area contributed by atoms with Gasteiger partial charge in [-0.2, -0.15) is 0 Å². The fourth-order valence-electron chi connectivity index (χ4n) is 2.33. The van der Waals surface area contributed by atoms with Crippen molar-refractivity contribution in [3.05, 3.63) is 53.9 Å². The number of hydrogen-bond acceptors (Lipinski definition) is 5. The number of benzene rings is 1. The topological polar surface area (TPSA) is 114 Å². The zero-order valence-corrected chi connectivity index (χ0v) is 15.6. The molecule has 1 aromatic heterocycles. The van der Waals surface area contributed by atoms with Gasteiger partial charge in [0.05, 0.1) is 4.90 Å². The monoisotopic (exact) mass is 376 g/mol. The van der Waals surface area contributed by atoms with Gasteiger partial charge in [0.1, 0.15) is 5.69 Å². The molecule has 0 radical (unpaired) electrons. The molecule has 2 rings (SSSR count). The number of primary sulfonamides is 1. The maximum Gasteiger partial charge on any atom is 0.269 e. The van der Waals surface area contributed by atoms with E-state index in [9.17, 15) is 13.2 Å². The van der Waals surface area contributed by atoms with Crippen molar-refractivity contribution in [2.24, 2.45) is 5.14 Å². The van der Waals surface area contributed by atoms with Crippen molar-refractivity contribution in [1.82, 2.24) is 10.3 Å². The van der Waals surface area contributed by atoms with Crippen LogP contribution >= 0.6 is 0 Å².